The molecule has 2 heterocycles. The monoisotopic (exact) mass is 452 g/mol. The van der Waals surface area contributed by atoms with Crippen molar-refractivity contribution >= 4 is 41.3 Å². The first-order valence-electron chi connectivity index (χ1n) is 8.03. The van der Waals surface area contributed by atoms with Crippen LogP contribution in [0.15, 0.2) is 22.5 Å². The molecule has 0 aromatic carbocycles. The molecule has 0 aliphatic carbocycles. The van der Waals surface area contributed by atoms with Gasteiger partial charge < -0.3 is 15.8 Å². The Labute approximate surface area is 160 Å². The van der Waals surface area contributed by atoms with Gasteiger partial charge in [-0.25, -0.2) is 0 Å². The van der Waals surface area contributed by atoms with Crippen molar-refractivity contribution in [2.75, 3.05) is 39.3 Å². The van der Waals surface area contributed by atoms with E-state index in [1.165, 1.54) is 4.88 Å². The van der Waals surface area contributed by atoms with Gasteiger partial charge in [0.15, 0.2) is 5.96 Å². The quantitative estimate of drug-likeness (QED) is 0.378. The van der Waals surface area contributed by atoms with E-state index in [1.807, 2.05) is 0 Å². The number of hydrogen-bond donors (Lipinski definition) is 2. The van der Waals surface area contributed by atoms with Crippen molar-refractivity contribution in [3.63, 3.8) is 0 Å². The summed E-state index contributed by atoms with van der Waals surface area (Å²) < 4.78 is 5.77. The Kier molecular flexibility index (Phi) is 10.1. The molecular weight excluding hydrogens is 423 g/mol. The van der Waals surface area contributed by atoms with Crippen LogP contribution in [0.25, 0.3) is 0 Å². The standard InChI is InChI=1S/C16H28N4OS.HI/c1-13(2)11-20-7-8-21-14(12-20)10-19-16(17)18-6-5-15-4-3-9-22-15;/h3-4,9,13-14H,5-8,10-12H2,1-2H3,(H3,17,18,19);1H. The lowest BCUT2D eigenvalue weighted by Gasteiger charge is -2.33. The van der Waals surface area contributed by atoms with Gasteiger partial charge in [0.2, 0.25) is 0 Å². The lowest BCUT2D eigenvalue weighted by molar-refractivity contribution is -0.0261. The first-order chi connectivity index (χ1) is 10.6. The number of nitrogens with two attached hydrogens (primary N) is 1. The number of halogens is 1. The summed E-state index contributed by atoms with van der Waals surface area (Å²) in [4.78, 5) is 8.23. The minimum absolute atomic E-state index is 0. The fraction of sp³-hybridized carbons (Fsp3) is 0.688. The highest BCUT2D eigenvalue weighted by molar-refractivity contribution is 14.0. The second-order valence-electron chi connectivity index (χ2n) is 6.13. The molecule has 0 bridgehead atoms. The summed E-state index contributed by atoms with van der Waals surface area (Å²) in [5, 5.41) is 5.26. The van der Waals surface area contributed by atoms with Crippen LogP contribution < -0.4 is 11.1 Å². The zero-order chi connectivity index (χ0) is 15.8. The van der Waals surface area contributed by atoms with Gasteiger partial charge >= 0.3 is 0 Å². The lowest BCUT2D eigenvalue weighted by atomic mass is 10.2. The van der Waals surface area contributed by atoms with E-state index < -0.39 is 0 Å². The zero-order valence-electron chi connectivity index (χ0n) is 14.0. The predicted octanol–water partition coefficient (Wildman–Crippen LogP) is 2.17. The molecule has 0 spiro atoms. The molecule has 5 nitrogen and oxygen atoms in total. The third-order valence-electron chi connectivity index (χ3n) is 3.57. The van der Waals surface area contributed by atoms with Gasteiger partial charge in [-0.3, -0.25) is 9.89 Å². The third kappa shape index (κ3) is 8.32. The van der Waals surface area contributed by atoms with Gasteiger partial charge in [0.05, 0.1) is 19.3 Å². The van der Waals surface area contributed by atoms with E-state index in [9.17, 15) is 0 Å². The Balaban J connectivity index is 0.00000264. The molecule has 0 amide bonds. The molecule has 1 unspecified atom stereocenters. The van der Waals surface area contributed by atoms with Crippen LogP contribution in [-0.4, -0.2) is 56.3 Å². The maximum Gasteiger partial charge on any atom is 0.188 e. The number of nitrogens with zero attached hydrogens (tertiary/aromatic N) is 2. The van der Waals surface area contributed by atoms with E-state index in [4.69, 9.17) is 10.5 Å². The van der Waals surface area contributed by atoms with Crippen molar-refractivity contribution in [3.8, 4) is 0 Å². The molecule has 1 fully saturated rings. The molecule has 1 aliphatic heterocycles. The van der Waals surface area contributed by atoms with E-state index >= 15 is 0 Å². The average Bonchev–Trinajstić information content (AvgIpc) is 2.98. The molecule has 1 aliphatic rings. The van der Waals surface area contributed by atoms with E-state index in [2.05, 4.69) is 46.6 Å². The summed E-state index contributed by atoms with van der Waals surface area (Å²) in [6, 6.07) is 4.21. The summed E-state index contributed by atoms with van der Waals surface area (Å²) >= 11 is 1.77. The predicted molar refractivity (Wildman–Crippen MR) is 109 cm³/mol. The van der Waals surface area contributed by atoms with E-state index in [-0.39, 0.29) is 30.1 Å². The number of guanidine groups is 1. The van der Waals surface area contributed by atoms with Crippen LogP contribution in [0.3, 0.4) is 0 Å². The van der Waals surface area contributed by atoms with Crippen LogP contribution in [0.5, 0.6) is 0 Å². The average molecular weight is 452 g/mol. The minimum atomic E-state index is 0. The highest BCUT2D eigenvalue weighted by Crippen LogP contribution is 2.09. The Morgan fingerprint density at radius 2 is 2.39 bits per heavy atom. The normalized spacial score (nSPS) is 19.6. The molecule has 23 heavy (non-hydrogen) atoms. The van der Waals surface area contributed by atoms with Crippen molar-refractivity contribution in [2.45, 2.75) is 26.4 Å². The molecule has 0 saturated carbocycles. The molecule has 1 aromatic rings. The fourth-order valence-electron chi connectivity index (χ4n) is 2.60. The highest BCUT2D eigenvalue weighted by atomic mass is 127. The summed E-state index contributed by atoms with van der Waals surface area (Å²) in [6.45, 7) is 9.83. The Morgan fingerprint density at radius 1 is 1.57 bits per heavy atom. The Morgan fingerprint density at radius 3 is 3.09 bits per heavy atom. The second kappa shape index (κ2) is 11.2. The fourth-order valence-corrected chi connectivity index (χ4v) is 3.31. The molecule has 3 N–H and O–H groups in total. The molecule has 1 aromatic heterocycles. The largest absolute Gasteiger partial charge is 0.374 e. The molecule has 0 radical (unpaired) electrons. The number of hydrogen-bond acceptors (Lipinski definition) is 4. The smallest absolute Gasteiger partial charge is 0.188 e. The first kappa shape index (κ1) is 20.7. The van der Waals surface area contributed by atoms with Gasteiger partial charge in [0, 0.05) is 31.1 Å². The minimum Gasteiger partial charge on any atom is -0.374 e. The SMILES string of the molecule is CC(C)CN1CCOC(CN=C(N)NCCc2cccs2)C1.I. The van der Waals surface area contributed by atoms with Crippen LogP contribution in [0.1, 0.15) is 18.7 Å². The Hall–Kier alpha value is -0.380. The van der Waals surface area contributed by atoms with E-state index in [0.29, 0.717) is 18.4 Å². The topological polar surface area (TPSA) is 62.9 Å². The molecule has 7 heteroatoms. The van der Waals surface area contributed by atoms with Crippen LogP contribution in [-0.2, 0) is 11.2 Å². The lowest BCUT2D eigenvalue weighted by Crippen LogP contribution is -2.45. The van der Waals surface area contributed by atoms with Gasteiger partial charge in [-0.1, -0.05) is 19.9 Å². The van der Waals surface area contributed by atoms with Gasteiger partial charge in [-0.15, -0.1) is 35.3 Å². The van der Waals surface area contributed by atoms with Crippen molar-refractivity contribution in [3.05, 3.63) is 22.4 Å². The van der Waals surface area contributed by atoms with Crippen molar-refractivity contribution < 1.29 is 4.74 Å². The number of rotatable bonds is 7. The maximum absolute atomic E-state index is 5.92. The zero-order valence-corrected chi connectivity index (χ0v) is 17.2. The molecule has 132 valence electrons. The second-order valence-corrected chi connectivity index (χ2v) is 7.16. The summed E-state index contributed by atoms with van der Waals surface area (Å²) in [5.74, 6) is 1.20. The molecule has 1 atom stereocenters. The van der Waals surface area contributed by atoms with Crippen LogP contribution in [0, 0.1) is 5.92 Å². The van der Waals surface area contributed by atoms with Gasteiger partial charge in [0.1, 0.15) is 0 Å². The number of ether oxygens (including phenoxy) is 1. The molecular formula is C16H29IN4OS. The van der Waals surface area contributed by atoms with Crippen LogP contribution >= 0.6 is 35.3 Å². The van der Waals surface area contributed by atoms with E-state index in [1.54, 1.807) is 11.3 Å². The third-order valence-corrected chi connectivity index (χ3v) is 4.51. The number of thiophene rings is 1. The Bertz CT molecular complexity index is 453. The van der Waals surface area contributed by atoms with Crippen molar-refractivity contribution in [2.24, 2.45) is 16.6 Å². The summed E-state index contributed by atoms with van der Waals surface area (Å²) in [7, 11) is 0. The molecule has 1 saturated heterocycles. The van der Waals surface area contributed by atoms with Gasteiger partial charge in [-0.05, 0) is 23.8 Å². The highest BCUT2D eigenvalue weighted by Gasteiger charge is 2.20. The van der Waals surface area contributed by atoms with Gasteiger partial charge in [0.25, 0.3) is 0 Å². The van der Waals surface area contributed by atoms with Crippen LogP contribution in [0.4, 0.5) is 0 Å². The first-order valence-corrected chi connectivity index (χ1v) is 8.91. The number of aliphatic imine (C=N–C) groups is 1. The van der Waals surface area contributed by atoms with E-state index in [0.717, 1.165) is 39.2 Å². The summed E-state index contributed by atoms with van der Waals surface area (Å²) in [5.41, 5.74) is 5.92. The summed E-state index contributed by atoms with van der Waals surface area (Å²) in [6.07, 6.45) is 1.14. The molecule has 2 rings (SSSR count). The van der Waals surface area contributed by atoms with Crippen molar-refractivity contribution in [1.82, 2.24) is 10.2 Å². The number of nitrogens with one attached hydrogen (secondary N) is 1. The van der Waals surface area contributed by atoms with Crippen LogP contribution in [0.2, 0.25) is 0 Å². The number of morpholine rings is 1. The van der Waals surface area contributed by atoms with Gasteiger partial charge in [-0.2, -0.15) is 0 Å². The van der Waals surface area contributed by atoms with Crippen molar-refractivity contribution in [1.29, 1.82) is 0 Å². The maximum atomic E-state index is 5.92.